The van der Waals surface area contributed by atoms with Crippen molar-refractivity contribution in [1.82, 2.24) is 14.7 Å². The van der Waals surface area contributed by atoms with Gasteiger partial charge in [0.2, 0.25) is 5.91 Å². The topological polar surface area (TPSA) is 82.2 Å². The SMILES string of the molecule is CN(CC(=O)N1CCCN(C(=O)Nc2ccc(Cl)cc2)CC1)C(=O)OC(C)(C)C. The number of halogens is 1. The molecule has 0 radical (unpaired) electrons. The van der Waals surface area contributed by atoms with Gasteiger partial charge < -0.3 is 24.8 Å². The van der Waals surface area contributed by atoms with Crippen LogP contribution in [0.3, 0.4) is 0 Å². The molecule has 8 nitrogen and oxygen atoms in total. The van der Waals surface area contributed by atoms with E-state index in [9.17, 15) is 14.4 Å². The van der Waals surface area contributed by atoms with Crippen LogP contribution >= 0.6 is 11.6 Å². The Kier molecular flexibility index (Phi) is 7.73. The summed E-state index contributed by atoms with van der Waals surface area (Å²) >= 11 is 5.86. The molecule has 0 aliphatic carbocycles. The van der Waals surface area contributed by atoms with Crippen molar-refractivity contribution in [3.05, 3.63) is 29.3 Å². The second-order valence-electron chi connectivity index (χ2n) is 7.99. The maximum atomic E-state index is 12.6. The van der Waals surface area contributed by atoms with Gasteiger partial charge in [0.25, 0.3) is 0 Å². The van der Waals surface area contributed by atoms with Crippen LogP contribution in [0.1, 0.15) is 27.2 Å². The Morgan fingerprint density at radius 1 is 1.07 bits per heavy atom. The van der Waals surface area contributed by atoms with Crippen molar-refractivity contribution in [3.63, 3.8) is 0 Å². The highest BCUT2D eigenvalue weighted by molar-refractivity contribution is 6.30. The second kappa shape index (κ2) is 9.82. The lowest BCUT2D eigenvalue weighted by Gasteiger charge is -2.27. The summed E-state index contributed by atoms with van der Waals surface area (Å²) in [5.74, 6) is -0.168. The van der Waals surface area contributed by atoms with Gasteiger partial charge in [-0.15, -0.1) is 0 Å². The normalized spacial score (nSPS) is 14.8. The van der Waals surface area contributed by atoms with Gasteiger partial charge >= 0.3 is 12.1 Å². The van der Waals surface area contributed by atoms with Gasteiger partial charge in [-0.3, -0.25) is 4.79 Å². The molecule has 1 heterocycles. The van der Waals surface area contributed by atoms with Crippen molar-refractivity contribution >= 4 is 35.3 Å². The van der Waals surface area contributed by atoms with Crippen LogP contribution in [0, 0.1) is 0 Å². The van der Waals surface area contributed by atoms with E-state index in [1.807, 2.05) is 0 Å². The minimum Gasteiger partial charge on any atom is -0.444 e. The molecule has 0 bridgehead atoms. The van der Waals surface area contributed by atoms with Gasteiger partial charge in [-0.2, -0.15) is 0 Å². The summed E-state index contributed by atoms with van der Waals surface area (Å²) in [4.78, 5) is 41.7. The summed E-state index contributed by atoms with van der Waals surface area (Å²) in [5, 5.41) is 3.44. The van der Waals surface area contributed by atoms with Crippen LogP contribution in [-0.4, -0.2) is 78.1 Å². The zero-order chi connectivity index (χ0) is 21.6. The lowest BCUT2D eigenvalue weighted by atomic mass is 10.2. The first-order valence-electron chi connectivity index (χ1n) is 9.58. The summed E-state index contributed by atoms with van der Waals surface area (Å²) in [6.45, 7) is 7.18. The molecular weight excluding hydrogens is 396 g/mol. The monoisotopic (exact) mass is 424 g/mol. The molecular formula is C20H29ClN4O4. The Labute approximate surface area is 176 Å². The lowest BCUT2D eigenvalue weighted by molar-refractivity contribution is -0.132. The first kappa shape index (κ1) is 22.8. The number of likely N-dealkylation sites (N-methyl/N-ethyl adjacent to an activating group) is 1. The first-order chi connectivity index (χ1) is 13.5. The van der Waals surface area contributed by atoms with Crippen molar-refractivity contribution in [2.75, 3.05) is 45.1 Å². The van der Waals surface area contributed by atoms with Crippen LogP contribution in [0.5, 0.6) is 0 Å². The molecule has 1 saturated heterocycles. The third kappa shape index (κ3) is 7.45. The summed E-state index contributed by atoms with van der Waals surface area (Å²) in [6.07, 6.45) is 0.125. The first-order valence-corrected chi connectivity index (χ1v) is 9.96. The van der Waals surface area contributed by atoms with Crippen molar-refractivity contribution in [3.8, 4) is 0 Å². The fraction of sp³-hybridized carbons (Fsp3) is 0.550. The zero-order valence-electron chi connectivity index (χ0n) is 17.4. The Morgan fingerprint density at radius 2 is 1.66 bits per heavy atom. The lowest BCUT2D eigenvalue weighted by Crippen LogP contribution is -2.44. The number of ether oxygens (including phenoxy) is 1. The number of hydrogen-bond donors (Lipinski definition) is 1. The maximum absolute atomic E-state index is 12.6. The maximum Gasteiger partial charge on any atom is 0.410 e. The Hall–Kier alpha value is -2.48. The number of anilines is 1. The minimum atomic E-state index is -0.616. The number of nitrogens with one attached hydrogen (secondary N) is 1. The molecule has 9 heteroatoms. The second-order valence-corrected chi connectivity index (χ2v) is 8.43. The number of carbonyl (C=O) groups excluding carboxylic acids is 3. The highest BCUT2D eigenvalue weighted by atomic mass is 35.5. The molecule has 1 aliphatic rings. The van der Waals surface area contributed by atoms with Gasteiger partial charge in [0.1, 0.15) is 12.1 Å². The molecule has 1 aromatic carbocycles. The molecule has 160 valence electrons. The molecule has 1 N–H and O–H groups in total. The van der Waals surface area contributed by atoms with E-state index in [4.69, 9.17) is 16.3 Å². The number of hydrogen-bond acceptors (Lipinski definition) is 4. The number of carbonyl (C=O) groups is 3. The zero-order valence-corrected chi connectivity index (χ0v) is 18.2. The summed E-state index contributed by atoms with van der Waals surface area (Å²) in [6, 6.07) is 6.68. The van der Waals surface area contributed by atoms with E-state index >= 15 is 0 Å². The van der Waals surface area contributed by atoms with Crippen molar-refractivity contribution < 1.29 is 19.1 Å². The van der Waals surface area contributed by atoms with E-state index in [-0.39, 0.29) is 18.5 Å². The molecule has 4 amide bonds. The number of benzene rings is 1. The van der Waals surface area contributed by atoms with Crippen molar-refractivity contribution in [2.45, 2.75) is 32.8 Å². The van der Waals surface area contributed by atoms with E-state index in [0.29, 0.717) is 43.3 Å². The predicted octanol–water partition coefficient (Wildman–Crippen LogP) is 3.27. The molecule has 0 unspecified atom stereocenters. The van der Waals surface area contributed by atoms with E-state index in [1.165, 1.54) is 11.9 Å². The van der Waals surface area contributed by atoms with Crippen LogP contribution in [0.2, 0.25) is 5.02 Å². The fourth-order valence-corrected chi connectivity index (χ4v) is 2.94. The third-order valence-corrected chi connectivity index (χ3v) is 4.56. The Bertz CT molecular complexity index is 733. The average molecular weight is 425 g/mol. The predicted molar refractivity (Wildman–Crippen MR) is 112 cm³/mol. The largest absolute Gasteiger partial charge is 0.444 e. The summed E-state index contributed by atoms with van der Waals surface area (Å²) in [7, 11) is 1.54. The highest BCUT2D eigenvalue weighted by Gasteiger charge is 2.25. The molecule has 0 spiro atoms. The third-order valence-electron chi connectivity index (χ3n) is 4.31. The van der Waals surface area contributed by atoms with Gasteiger partial charge in [-0.05, 0) is 51.5 Å². The molecule has 1 fully saturated rings. The molecule has 1 aliphatic heterocycles. The van der Waals surface area contributed by atoms with E-state index in [0.717, 1.165) is 0 Å². The quantitative estimate of drug-likeness (QED) is 0.807. The van der Waals surface area contributed by atoms with Gasteiger partial charge in [0.05, 0.1) is 0 Å². The van der Waals surface area contributed by atoms with Gasteiger partial charge in [0, 0.05) is 43.9 Å². The standard InChI is InChI=1S/C20H29ClN4O4/c1-20(2,3)29-19(28)23(4)14-17(26)24-10-5-11-25(13-12-24)18(27)22-16-8-6-15(21)7-9-16/h6-9H,5,10-14H2,1-4H3,(H,22,27). The van der Waals surface area contributed by atoms with E-state index in [1.54, 1.807) is 54.8 Å². The van der Waals surface area contributed by atoms with Crippen molar-refractivity contribution in [1.29, 1.82) is 0 Å². The van der Waals surface area contributed by atoms with Crippen LogP contribution in [-0.2, 0) is 9.53 Å². The number of amides is 4. The molecule has 0 saturated carbocycles. The Morgan fingerprint density at radius 3 is 2.28 bits per heavy atom. The van der Waals surface area contributed by atoms with Gasteiger partial charge in [0.15, 0.2) is 0 Å². The molecule has 0 atom stereocenters. The summed E-state index contributed by atoms with van der Waals surface area (Å²) in [5.41, 5.74) is 0.0464. The molecule has 1 aromatic rings. The van der Waals surface area contributed by atoms with Crippen LogP contribution in [0.15, 0.2) is 24.3 Å². The fourth-order valence-electron chi connectivity index (χ4n) is 2.81. The smallest absolute Gasteiger partial charge is 0.410 e. The summed E-state index contributed by atoms with van der Waals surface area (Å²) < 4.78 is 5.27. The van der Waals surface area contributed by atoms with E-state index < -0.39 is 11.7 Å². The number of nitrogens with zero attached hydrogens (tertiary/aromatic N) is 3. The van der Waals surface area contributed by atoms with Gasteiger partial charge in [-0.1, -0.05) is 11.6 Å². The van der Waals surface area contributed by atoms with Crippen LogP contribution < -0.4 is 5.32 Å². The highest BCUT2D eigenvalue weighted by Crippen LogP contribution is 2.15. The number of urea groups is 1. The average Bonchev–Trinajstić information content (AvgIpc) is 2.88. The van der Waals surface area contributed by atoms with E-state index in [2.05, 4.69) is 5.32 Å². The van der Waals surface area contributed by atoms with Crippen molar-refractivity contribution in [2.24, 2.45) is 0 Å². The molecule has 29 heavy (non-hydrogen) atoms. The van der Waals surface area contributed by atoms with Crippen LogP contribution in [0.4, 0.5) is 15.3 Å². The van der Waals surface area contributed by atoms with Crippen LogP contribution in [0.25, 0.3) is 0 Å². The Balaban J connectivity index is 1.85. The van der Waals surface area contributed by atoms with Gasteiger partial charge in [-0.25, -0.2) is 9.59 Å². The number of rotatable bonds is 3. The molecule has 2 rings (SSSR count). The molecule has 0 aromatic heterocycles. The minimum absolute atomic E-state index is 0.0636.